The monoisotopic (exact) mass is 170 g/mol. The number of allylic oxidation sites excluding steroid dienone is 1. The van der Waals surface area contributed by atoms with Crippen molar-refractivity contribution in [3.63, 3.8) is 0 Å². The maximum absolute atomic E-state index is 5.42. The van der Waals surface area contributed by atoms with Gasteiger partial charge in [0.15, 0.2) is 5.05 Å². The summed E-state index contributed by atoms with van der Waals surface area (Å²) in [6.45, 7) is 1.59. The predicted molar refractivity (Wildman–Crippen MR) is 45.4 cm³/mol. The van der Waals surface area contributed by atoms with Gasteiger partial charge in [-0.2, -0.15) is 0 Å². The number of rotatable bonds is 0. The van der Waals surface area contributed by atoms with Gasteiger partial charge >= 0.3 is 0 Å². The van der Waals surface area contributed by atoms with Crippen molar-refractivity contribution in [2.24, 2.45) is 0 Å². The molecule has 0 unspecified atom stereocenters. The fourth-order valence-electron chi connectivity index (χ4n) is 1.43. The molecule has 60 valence electrons. The lowest BCUT2D eigenvalue weighted by Gasteiger charge is -2.00. The Labute approximate surface area is 71.2 Å². The van der Waals surface area contributed by atoms with Crippen LogP contribution < -0.4 is 0 Å². The highest BCUT2D eigenvalue weighted by Gasteiger charge is 2.22. The minimum Gasteiger partial charge on any atom is -0.497 e. The van der Waals surface area contributed by atoms with E-state index in [0.717, 1.165) is 43.8 Å². The van der Waals surface area contributed by atoms with Gasteiger partial charge < -0.3 is 9.47 Å². The van der Waals surface area contributed by atoms with Crippen LogP contribution in [0.1, 0.15) is 19.3 Å². The van der Waals surface area contributed by atoms with Crippen LogP contribution in [0.25, 0.3) is 0 Å². The number of hydrogen-bond acceptors (Lipinski definition) is 3. The van der Waals surface area contributed by atoms with Gasteiger partial charge in [0.25, 0.3) is 0 Å². The molecule has 3 heteroatoms. The molecule has 0 aromatic heterocycles. The Hall–Kier alpha value is -0.570. The van der Waals surface area contributed by atoms with E-state index in [9.17, 15) is 0 Å². The van der Waals surface area contributed by atoms with E-state index in [2.05, 4.69) is 0 Å². The SMILES string of the molecule is S=C1OCC/C1=C1/CCCO1. The fraction of sp³-hybridized carbons (Fsp3) is 0.625. The average Bonchev–Trinajstić information content (AvgIpc) is 2.55. The van der Waals surface area contributed by atoms with Crippen LogP contribution in [0.15, 0.2) is 11.3 Å². The Bertz CT molecular complexity index is 212. The molecule has 2 aliphatic heterocycles. The van der Waals surface area contributed by atoms with E-state index in [1.807, 2.05) is 0 Å². The first-order valence-electron chi connectivity index (χ1n) is 3.90. The van der Waals surface area contributed by atoms with Crippen molar-refractivity contribution < 1.29 is 9.47 Å². The lowest BCUT2D eigenvalue weighted by Crippen LogP contribution is -1.95. The fourth-order valence-corrected chi connectivity index (χ4v) is 1.73. The molecule has 2 rings (SSSR count). The van der Waals surface area contributed by atoms with Crippen LogP contribution in [0.5, 0.6) is 0 Å². The highest BCUT2D eigenvalue weighted by Crippen LogP contribution is 2.26. The summed E-state index contributed by atoms with van der Waals surface area (Å²) in [4.78, 5) is 0. The molecule has 0 amide bonds. The van der Waals surface area contributed by atoms with Crippen LogP contribution >= 0.6 is 12.2 Å². The maximum Gasteiger partial charge on any atom is 0.190 e. The van der Waals surface area contributed by atoms with Crippen molar-refractivity contribution in [2.75, 3.05) is 13.2 Å². The van der Waals surface area contributed by atoms with Crippen LogP contribution in [-0.2, 0) is 9.47 Å². The molecule has 2 heterocycles. The summed E-state index contributed by atoms with van der Waals surface area (Å²) in [6.07, 6.45) is 3.11. The van der Waals surface area contributed by atoms with Crippen molar-refractivity contribution in [1.29, 1.82) is 0 Å². The van der Waals surface area contributed by atoms with Gasteiger partial charge in [0.05, 0.1) is 13.2 Å². The van der Waals surface area contributed by atoms with E-state index in [1.54, 1.807) is 0 Å². The van der Waals surface area contributed by atoms with Crippen LogP contribution in [0.4, 0.5) is 0 Å². The summed E-state index contributed by atoms with van der Waals surface area (Å²) in [5, 5.41) is 0.655. The first-order valence-corrected chi connectivity index (χ1v) is 4.31. The van der Waals surface area contributed by atoms with E-state index >= 15 is 0 Å². The molecular weight excluding hydrogens is 160 g/mol. The van der Waals surface area contributed by atoms with Crippen LogP contribution in [0.2, 0.25) is 0 Å². The third kappa shape index (κ3) is 1.25. The smallest absolute Gasteiger partial charge is 0.190 e. The Morgan fingerprint density at radius 3 is 2.55 bits per heavy atom. The Morgan fingerprint density at radius 2 is 2.00 bits per heavy atom. The molecule has 0 radical (unpaired) electrons. The van der Waals surface area contributed by atoms with E-state index < -0.39 is 0 Å². The quantitative estimate of drug-likeness (QED) is 0.408. The number of ether oxygens (including phenoxy) is 2. The predicted octanol–water partition coefficient (Wildman–Crippen LogP) is 1.80. The molecule has 0 spiro atoms. The van der Waals surface area contributed by atoms with Gasteiger partial charge in [-0.1, -0.05) is 0 Å². The van der Waals surface area contributed by atoms with Crippen molar-refractivity contribution in [2.45, 2.75) is 19.3 Å². The van der Waals surface area contributed by atoms with Crippen molar-refractivity contribution in [3.8, 4) is 0 Å². The number of hydrogen-bond donors (Lipinski definition) is 0. The van der Waals surface area contributed by atoms with Gasteiger partial charge in [-0.15, -0.1) is 0 Å². The molecule has 2 nitrogen and oxygen atoms in total. The number of thiocarbonyl (C=S) groups is 1. The second-order valence-corrected chi connectivity index (χ2v) is 3.11. The topological polar surface area (TPSA) is 18.5 Å². The standard InChI is InChI=1S/C8H10O2S/c11-8-6(3-5-10-8)7-2-1-4-9-7/h1-5H2/b7-6+. The minimum atomic E-state index is 0.655. The molecule has 2 saturated heterocycles. The van der Waals surface area contributed by atoms with E-state index in [0.29, 0.717) is 5.05 Å². The molecular formula is C8H10O2S. The first-order chi connectivity index (χ1) is 5.38. The lowest BCUT2D eigenvalue weighted by molar-refractivity contribution is 0.261. The Balaban J connectivity index is 2.23. The molecule has 0 bridgehead atoms. The van der Waals surface area contributed by atoms with Gasteiger partial charge in [-0.05, 0) is 18.6 Å². The van der Waals surface area contributed by atoms with Crippen LogP contribution in [0, 0.1) is 0 Å². The molecule has 0 aliphatic carbocycles. The van der Waals surface area contributed by atoms with Gasteiger partial charge in [-0.25, -0.2) is 0 Å². The second kappa shape index (κ2) is 2.81. The molecule has 0 atom stereocenters. The third-order valence-corrected chi connectivity index (χ3v) is 2.36. The second-order valence-electron chi connectivity index (χ2n) is 2.74. The summed E-state index contributed by atoms with van der Waals surface area (Å²) in [5.74, 6) is 1.08. The van der Waals surface area contributed by atoms with E-state index in [1.165, 1.54) is 0 Å². The third-order valence-electron chi connectivity index (χ3n) is 1.99. The largest absolute Gasteiger partial charge is 0.497 e. The molecule has 11 heavy (non-hydrogen) atoms. The first kappa shape index (κ1) is 7.10. The summed E-state index contributed by atoms with van der Waals surface area (Å²) >= 11 is 5.02. The molecule has 2 aliphatic rings. The van der Waals surface area contributed by atoms with Crippen molar-refractivity contribution >= 4 is 17.3 Å². The van der Waals surface area contributed by atoms with E-state index in [4.69, 9.17) is 21.7 Å². The minimum absolute atomic E-state index is 0.655. The zero-order valence-electron chi connectivity index (χ0n) is 6.26. The molecule has 0 N–H and O–H groups in total. The maximum atomic E-state index is 5.42. The summed E-state index contributed by atoms with van der Waals surface area (Å²) in [7, 11) is 0. The summed E-state index contributed by atoms with van der Waals surface area (Å²) in [6, 6.07) is 0. The van der Waals surface area contributed by atoms with Crippen molar-refractivity contribution in [1.82, 2.24) is 0 Å². The van der Waals surface area contributed by atoms with Gasteiger partial charge in [-0.3, -0.25) is 0 Å². The highest BCUT2D eigenvalue weighted by molar-refractivity contribution is 7.80. The summed E-state index contributed by atoms with van der Waals surface area (Å²) in [5.41, 5.74) is 1.14. The van der Waals surface area contributed by atoms with Crippen LogP contribution in [-0.4, -0.2) is 18.3 Å². The van der Waals surface area contributed by atoms with Gasteiger partial charge in [0.2, 0.25) is 0 Å². The summed E-state index contributed by atoms with van der Waals surface area (Å²) < 4.78 is 10.6. The molecule has 0 aromatic rings. The normalized spacial score (nSPS) is 30.4. The Kier molecular flexibility index (Phi) is 1.82. The lowest BCUT2D eigenvalue weighted by atomic mass is 10.1. The van der Waals surface area contributed by atoms with Gasteiger partial charge in [0.1, 0.15) is 5.76 Å². The molecule has 2 fully saturated rings. The average molecular weight is 170 g/mol. The molecule has 0 saturated carbocycles. The zero-order valence-corrected chi connectivity index (χ0v) is 7.08. The highest BCUT2D eigenvalue weighted by atomic mass is 32.1. The van der Waals surface area contributed by atoms with Crippen LogP contribution in [0.3, 0.4) is 0 Å². The van der Waals surface area contributed by atoms with Gasteiger partial charge in [0, 0.05) is 18.4 Å². The van der Waals surface area contributed by atoms with Crippen molar-refractivity contribution in [3.05, 3.63) is 11.3 Å². The Morgan fingerprint density at radius 1 is 1.09 bits per heavy atom. The van der Waals surface area contributed by atoms with E-state index in [-0.39, 0.29) is 0 Å². The molecule has 0 aromatic carbocycles. The zero-order chi connectivity index (χ0) is 7.68.